The van der Waals surface area contributed by atoms with E-state index in [9.17, 15) is 92.6 Å². The number of hydrogen-bond donors (Lipinski definition) is 4. The highest BCUT2D eigenvalue weighted by Gasteiger charge is 2.96. The number of urea groups is 1. The molecule has 1 aliphatic rings. The summed E-state index contributed by atoms with van der Waals surface area (Å²) >= 11 is 0. The number of nitrogens with zero attached hydrogens (tertiary/aromatic N) is 2. The number of alkyl halides is 17. The highest BCUT2D eigenvalue weighted by molar-refractivity contribution is 7.90. The number of carboxylic acids is 1. The predicted molar refractivity (Wildman–Crippen MR) is 125 cm³/mol. The number of rotatable bonds is 9. The molecule has 0 spiro atoms. The Balaban J connectivity index is 0.000000879. The first-order valence-corrected chi connectivity index (χ1v) is 13.1. The average Bonchev–Trinajstić information content (AvgIpc) is 2.91. The number of nitrogens with two attached hydrogens (primary N) is 3. The smallest absolute Gasteiger partial charge is 0.460 e. The Morgan fingerprint density at radius 2 is 0.938 bits per heavy atom. The van der Waals surface area contributed by atoms with Crippen molar-refractivity contribution < 1.29 is 97.8 Å². The minimum absolute atomic E-state index is 0.113. The van der Waals surface area contributed by atoms with Crippen LogP contribution in [0.2, 0.25) is 0 Å². The lowest BCUT2D eigenvalue weighted by Gasteiger charge is -2.43. The Kier molecular flexibility index (Phi) is 11.1. The second-order valence-electron chi connectivity index (χ2n) is 9.38. The molecule has 1 heterocycles. The number of primary amides is 1. The molecule has 0 bridgehead atoms. The Bertz CT molecular complexity index is 1460. The van der Waals surface area contributed by atoms with Crippen molar-refractivity contribution in [2.75, 3.05) is 37.6 Å². The van der Waals surface area contributed by atoms with Gasteiger partial charge < -0.3 is 27.2 Å². The number of sulfonamides is 1. The van der Waals surface area contributed by atoms with Crippen LogP contribution in [0.1, 0.15) is 10.4 Å². The van der Waals surface area contributed by atoms with Gasteiger partial charge in [-0.15, -0.1) is 0 Å². The van der Waals surface area contributed by atoms with E-state index < -0.39 is 99.5 Å². The minimum Gasteiger partial charge on any atom is -0.478 e. The summed E-state index contributed by atoms with van der Waals surface area (Å²) in [5, 5.41) is 0.911. The molecule has 48 heavy (non-hydrogen) atoms. The van der Waals surface area contributed by atoms with Gasteiger partial charge in [0, 0.05) is 37.6 Å². The highest BCUT2D eigenvalue weighted by atomic mass is 32.2. The number of hydrogen-bond acceptors (Lipinski definition) is 6. The third-order valence-corrected chi connectivity index (χ3v) is 8.08. The summed E-state index contributed by atoms with van der Waals surface area (Å²) in [5.41, 5.74) is 16.3. The van der Waals surface area contributed by atoms with Gasteiger partial charge in [-0.25, -0.2) is 18.0 Å². The molecular formula is C20H18F17N5O5S. The molecule has 2 rings (SSSR count). The van der Waals surface area contributed by atoms with Crippen LogP contribution >= 0.6 is 0 Å². The first-order valence-electron chi connectivity index (χ1n) is 11.7. The van der Waals surface area contributed by atoms with Crippen LogP contribution in [0.5, 0.6) is 0 Å². The summed E-state index contributed by atoms with van der Waals surface area (Å²) in [4.78, 5) is 21.8. The highest BCUT2D eigenvalue weighted by Crippen LogP contribution is 2.64. The molecule has 1 fully saturated rings. The van der Waals surface area contributed by atoms with Crippen molar-refractivity contribution >= 4 is 33.4 Å². The molecule has 0 saturated carbocycles. The van der Waals surface area contributed by atoms with Crippen LogP contribution in [0.3, 0.4) is 0 Å². The van der Waals surface area contributed by atoms with Gasteiger partial charge in [-0.05, 0) is 18.2 Å². The zero-order valence-corrected chi connectivity index (χ0v) is 23.4. The summed E-state index contributed by atoms with van der Waals surface area (Å²) in [7, 11) is -7.35. The standard InChI is InChI=1S/C13H10F17N3O3S.C7H8N2O2/c14-6(15,8(18,19)10(22,23)12(26,27)28)7(16,17)9(20,21)11(24,25)13(29,30)37(35,36)33-3-1-32(2-4-33)5(31)34;8-5-1-4(7(10)11)2-6(9)3-5/h1-4H2,(H2,31,34);1-3H,8-9H2,(H,10,11). The van der Waals surface area contributed by atoms with E-state index in [1.165, 1.54) is 18.2 Å². The Morgan fingerprint density at radius 3 is 1.25 bits per heavy atom. The van der Waals surface area contributed by atoms with Gasteiger partial charge in [-0.1, -0.05) is 0 Å². The summed E-state index contributed by atoms with van der Waals surface area (Å²) < 4.78 is 248. The van der Waals surface area contributed by atoms with Crippen LogP contribution in [-0.2, 0) is 10.0 Å². The molecule has 1 saturated heterocycles. The topological polar surface area (TPSA) is 173 Å². The second-order valence-corrected chi connectivity index (χ2v) is 11.4. The van der Waals surface area contributed by atoms with Crippen LogP contribution in [-0.4, -0.2) is 108 Å². The zero-order chi connectivity index (χ0) is 38.5. The van der Waals surface area contributed by atoms with Crippen molar-refractivity contribution in [3.05, 3.63) is 23.8 Å². The van der Waals surface area contributed by atoms with Gasteiger partial charge in [-0.3, -0.25) is 0 Å². The molecule has 0 aromatic heterocycles. The van der Waals surface area contributed by atoms with Crippen molar-refractivity contribution in [1.82, 2.24) is 9.21 Å². The molecule has 10 nitrogen and oxygen atoms in total. The van der Waals surface area contributed by atoms with Crippen molar-refractivity contribution in [2.45, 2.75) is 47.0 Å². The number of carbonyl (C=O) groups is 2. The molecule has 1 aromatic carbocycles. The second kappa shape index (κ2) is 12.6. The number of anilines is 2. The van der Waals surface area contributed by atoms with Gasteiger partial charge in [0.25, 0.3) is 10.0 Å². The van der Waals surface area contributed by atoms with E-state index in [4.69, 9.17) is 22.3 Å². The van der Waals surface area contributed by atoms with E-state index in [-0.39, 0.29) is 5.56 Å². The molecule has 1 aromatic rings. The molecule has 0 unspecified atom stereocenters. The normalized spacial score (nSPS) is 16.6. The lowest BCUT2D eigenvalue weighted by Crippen LogP contribution is -2.75. The number of amides is 2. The van der Waals surface area contributed by atoms with Crippen molar-refractivity contribution in [2.24, 2.45) is 5.73 Å². The van der Waals surface area contributed by atoms with Crippen LogP contribution in [0, 0.1) is 0 Å². The number of carboxylic acid groups (broad SMARTS) is 1. The van der Waals surface area contributed by atoms with Gasteiger partial charge in [0.1, 0.15) is 0 Å². The van der Waals surface area contributed by atoms with Crippen LogP contribution in [0.15, 0.2) is 18.2 Å². The predicted octanol–water partition coefficient (Wildman–Crippen LogP) is 4.53. The SMILES string of the molecule is NC(=O)N1CCN(S(=O)(=O)C(F)(F)C(F)(F)C(F)(F)C(F)(F)C(F)(F)C(F)(F)C(F)(F)C(F)(F)F)CC1.Nc1cc(N)cc(C(=O)O)c1. The molecule has 278 valence electrons. The summed E-state index contributed by atoms with van der Waals surface area (Å²) in [6.07, 6.45) is -7.89. The first kappa shape index (κ1) is 42.3. The van der Waals surface area contributed by atoms with Gasteiger partial charge in [-0.2, -0.15) is 78.9 Å². The first-order chi connectivity index (χ1) is 21.0. The Morgan fingerprint density at radius 1 is 0.604 bits per heavy atom. The summed E-state index contributed by atoms with van der Waals surface area (Å²) in [6.45, 7) is -4.94. The van der Waals surface area contributed by atoms with E-state index in [1.807, 2.05) is 0 Å². The van der Waals surface area contributed by atoms with Gasteiger partial charge in [0.2, 0.25) is 0 Å². The maximum atomic E-state index is 14.1. The average molecular weight is 763 g/mol. The molecule has 0 aliphatic carbocycles. The molecule has 28 heteroatoms. The van der Waals surface area contributed by atoms with E-state index in [0.717, 1.165) is 0 Å². The lowest BCUT2D eigenvalue weighted by atomic mass is 9.91. The molecule has 2 amide bonds. The monoisotopic (exact) mass is 763 g/mol. The summed E-state index contributed by atoms with van der Waals surface area (Å²) in [6, 6.07) is 2.88. The van der Waals surface area contributed by atoms with Gasteiger partial charge >= 0.3 is 59.0 Å². The van der Waals surface area contributed by atoms with Crippen molar-refractivity contribution in [3.8, 4) is 0 Å². The maximum absolute atomic E-state index is 14.1. The van der Waals surface area contributed by atoms with Gasteiger partial charge in [0.05, 0.1) is 5.56 Å². The third-order valence-electron chi connectivity index (χ3n) is 6.13. The largest absolute Gasteiger partial charge is 0.478 e. The summed E-state index contributed by atoms with van der Waals surface area (Å²) in [5.74, 6) is -52.9. The molecule has 0 atom stereocenters. The third kappa shape index (κ3) is 6.63. The van der Waals surface area contributed by atoms with Crippen LogP contribution < -0.4 is 17.2 Å². The zero-order valence-electron chi connectivity index (χ0n) is 22.6. The fourth-order valence-corrected chi connectivity index (χ4v) is 4.84. The molecule has 0 radical (unpaired) electrons. The van der Waals surface area contributed by atoms with E-state index in [0.29, 0.717) is 16.3 Å². The van der Waals surface area contributed by atoms with E-state index in [1.54, 1.807) is 0 Å². The Labute approximate surface area is 255 Å². The minimum atomic E-state index is -8.88. The number of nitrogen functional groups attached to an aromatic ring is 2. The number of halogens is 17. The quantitative estimate of drug-likeness (QED) is 0.211. The van der Waals surface area contributed by atoms with Crippen LogP contribution in [0.25, 0.3) is 0 Å². The van der Waals surface area contributed by atoms with Crippen molar-refractivity contribution in [3.63, 3.8) is 0 Å². The van der Waals surface area contributed by atoms with E-state index >= 15 is 0 Å². The van der Waals surface area contributed by atoms with Crippen LogP contribution in [0.4, 0.5) is 90.8 Å². The number of carbonyl (C=O) groups excluding carboxylic acids is 1. The lowest BCUT2D eigenvalue weighted by molar-refractivity contribution is -0.458. The molecular weight excluding hydrogens is 745 g/mol. The molecule has 7 N–H and O–H groups in total. The number of benzene rings is 1. The maximum Gasteiger partial charge on any atom is 0.460 e. The van der Waals surface area contributed by atoms with E-state index in [2.05, 4.69) is 0 Å². The fourth-order valence-electron chi connectivity index (χ4n) is 3.42. The molecule has 1 aliphatic heterocycles. The van der Waals surface area contributed by atoms with Crippen molar-refractivity contribution in [1.29, 1.82) is 0 Å². The number of piperazine rings is 1. The van der Waals surface area contributed by atoms with Gasteiger partial charge in [0.15, 0.2) is 0 Å². The Hall–Kier alpha value is -3.72. The number of aromatic carboxylic acids is 1. The fraction of sp³-hybridized carbons (Fsp3) is 0.600.